The van der Waals surface area contributed by atoms with Crippen LogP contribution in [0.5, 0.6) is 0 Å². The number of ether oxygens (including phenoxy) is 2. The van der Waals surface area contributed by atoms with E-state index in [1.54, 1.807) is 31.3 Å². The van der Waals surface area contributed by atoms with Gasteiger partial charge in [0, 0.05) is 12.3 Å². The molecule has 2 heterocycles. The highest BCUT2D eigenvalue weighted by atomic mass is 32.1. The zero-order valence-corrected chi connectivity index (χ0v) is 24.8. The highest BCUT2D eigenvalue weighted by Gasteiger charge is 2.46. The van der Waals surface area contributed by atoms with Gasteiger partial charge in [-0.05, 0) is 77.0 Å². The number of aromatic nitrogens is 1. The topological polar surface area (TPSA) is 123 Å². The van der Waals surface area contributed by atoms with E-state index in [1.807, 2.05) is 39.0 Å². The first kappa shape index (κ1) is 31.5. The minimum absolute atomic E-state index is 0.171. The maximum Gasteiger partial charge on any atom is 0.506 e. The van der Waals surface area contributed by atoms with Crippen LogP contribution in [-0.2, 0) is 19.1 Å². The van der Waals surface area contributed by atoms with Crippen LogP contribution in [0, 0.1) is 24.2 Å². The Labute approximate surface area is 240 Å². The largest absolute Gasteiger partial charge is 0.506 e. The third-order valence-corrected chi connectivity index (χ3v) is 8.81. The summed E-state index contributed by atoms with van der Waals surface area (Å²) in [5.74, 6) is -2.05. The van der Waals surface area contributed by atoms with Gasteiger partial charge in [-0.25, -0.2) is 9.78 Å². The van der Waals surface area contributed by atoms with Gasteiger partial charge in [-0.2, -0.15) is 0 Å². The molecule has 3 rings (SSSR count). The van der Waals surface area contributed by atoms with E-state index in [0.717, 1.165) is 39.2 Å². The van der Waals surface area contributed by atoms with Crippen molar-refractivity contribution in [2.45, 2.75) is 91.5 Å². The fraction of sp³-hybridized carbons (Fsp3) is 0.548. The molecule has 0 spiro atoms. The summed E-state index contributed by atoms with van der Waals surface area (Å²) in [4.78, 5) is 43.3. The van der Waals surface area contributed by atoms with Crippen LogP contribution in [0.25, 0.3) is 10.2 Å². The summed E-state index contributed by atoms with van der Waals surface area (Å²) < 4.78 is 12.1. The van der Waals surface area contributed by atoms with Gasteiger partial charge in [0.15, 0.2) is 0 Å². The molecule has 218 valence electrons. The maximum absolute atomic E-state index is 13.8. The smallest absolute Gasteiger partial charge is 0.457 e. The van der Waals surface area contributed by atoms with Gasteiger partial charge in [0.05, 0.1) is 33.2 Å². The van der Waals surface area contributed by atoms with Gasteiger partial charge in [-0.3, -0.25) is 9.59 Å². The highest BCUT2D eigenvalue weighted by molar-refractivity contribution is 7.18. The van der Waals surface area contributed by atoms with Crippen molar-refractivity contribution < 1.29 is 34.1 Å². The Balaban J connectivity index is 2.01. The number of aliphatic hydroxyl groups excluding tert-OH is 1. The number of cyclic esters (lactones) is 1. The van der Waals surface area contributed by atoms with Crippen molar-refractivity contribution >= 4 is 39.5 Å². The molecule has 2 aromatic rings. The number of Topliss-reactive ketones (excluding diaryl/α,β-unsaturated/α-hetero) is 1. The maximum atomic E-state index is 13.8. The van der Waals surface area contributed by atoms with Crippen LogP contribution in [0.1, 0.15) is 82.9 Å². The predicted molar refractivity (Wildman–Crippen MR) is 155 cm³/mol. The molecule has 5 atom stereocenters. The number of aryl methyl sites for hydroxylation is 1. The zero-order valence-electron chi connectivity index (χ0n) is 24.0. The van der Waals surface area contributed by atoms with Gasteiger partial charge in [-0.15, -0.1) is 17.9 Å². The summed E-state index contributed by atoms with van der Waals surface area (Å²) in [5.41, 5.74) is 1.33. The van der Waals surface area contributed by atoms with Crippen molar-refractivity contribution in [3.05, 3.63) is 53.1 Å². The summed E-state index contributed by atoms with van der Waals surface area (Å²) in [6.45, 7) is 12.7. The van der Waals surface area contributed by atoms with Gasteiger partial charge in [0.1, 0.15) is 18.0 Å². The summed E-state index contributed by atoms with van der Waals surface area (Å²) in [7, 11) is 0. The Hall–Kier alpha value is -3.04. The van der Waals surface area contributed by atoms with Crippen LogP contribution < -0.4 is 0 Å². The second-order valence-electron chi connectivity index (χ2n) is 11.4. The number of benzene rings is 1. The van der Waals surface area contributed by atoms with Crippen molar-refractivity contribution in [1.82, 2.24) is 4.98 Å². The Kier molecular flexibility index (Phi) is 10.7. The number of hydrogen-bond acceptors (Lipinski definition) is 8. The van der Waals surface area contributed by atoms with Gasteiger partial charge >= 0.3 is 12.1 Å². The molecule has 0 saturated heterocycles. The van der Waals surface area contributed by atoms with Crippen LogP contribution in [0.2, 0.25) is 0 Å². The number of carbonyl (C=O) groups is 3. The monoisotopic (exact) mass is 571 g/mol. The molecule has 1 aromatic heterocycles. The van der Waals surface area contributed by atoms with E-state index >= 15 is 0 Å². The summed E-state index contributed by atoms with van der Waals surface area (Å²) in [5, 5.41) is 21.6. The van der Waals surface area contributed by atoms with E-state index in [2.05, 4.69) is 17.6 Å². The number of hydrogen-bond donors (Lipinski definition) is 2. The SMILES string of the molecule is C=CC[C@H]1C(=O)C(C)(C)[C@@H](OC(=O)O)CC(=O)O[C@H](c2ccc3sc(C)nc3c2)C/C=C(/C)CCC[C@H](C)[C@@H]1O. The number of ketones is 1. The Morgan fingerprint density at radius 2 is 2.02 bits per heavy atom. The van der Waals surface area contributed by atoms with Crippen molar-refractivity contribution in [3.63, 3.8) is 0 Å². The van der Waals surface area contributed by atoms with Crippen molar-refractivity contribution in [2.75, 3.05) is 0 Å². The number of carbonyl (C=O) groups excluding carboxylic acids is 2. The second-order valence-corrected chi connectivity index (χ2v) is 12.6. The molecular formula is C31H41NO7S. The lowest BCUT2D eigenvalue weighted by Gasteiger charge is -2.36. The zero-order chi connectivity index (χ0) is 29.6. The lowest BCUT2D eigenvalue weighted by Crippen LogP contribution is -2.48. The Morgan fingerprint density at radius 3 is 2.70 bits per heavy atom. The minimum Gasteiger partial charge on any atom is -0.457 e. The molecule has 0 unspecified atom stereocenters. The van der Waals surface area contributed by atoms with Crippen LogP contribution in [0.4, 0.5) is 4.79 Å². The van der Waals surface area contributed by atoms with Crippen LogP contribution in [0.15, 0.2) is 42.5 Å². The van der Waals surface area contributed by atoms with Gasteiger partial charge in [0.2, 0.25) is 0 Å². The lowest BCUT2D eigenvalue weighted by atomic mass is 9.71. The molecule has 8 nitrogen and oxygen atoms in total. The van der Waals surface area contributed by atoms with Crippen LogP contribution in [-0.4, -0.2) is 45.3 Å². The number of carboxylic acid groups (broad SMARTS) is 1. The average Bonchev–Trinajstić information content (AvgIpc) is 3.26. The van der Waals surface area contributed by atoms with Crippen molar-refractivity contribution in [1.29, 1.82) is 0 Å². The number of esters is 1. The van der Waals surface area contributed by atoms with E-state index in [9.17, 15) is 24.6 Å². The van der Waals surface area contributed by atoms with E-state index in [-0.39, 0.29) is 18.1 Å². The molecule has 0 radical (unpaired) electrons. The first-order chi connectivity index (χ1) is 18.8. The fourth-order valence-electron chi connectivity index (χ4n) is 5.33. The van der Waals surface area contributed by atoms with E-state index in [1.165, 1.54) is 0 Å². The molecule has 0 aliphatic carbocycles. The predicted octanol–water partition coefficient (Wildman–Crippen LogP) is 6.95. The third kappa shape index (κ3) is 7.79. The Morgan fingerprint density at radius 1 is 1.30 bits per heavy atom. The van der Waals surface area contributed by atoms with E-state index in [0.29, 0.717) is 12.8 Å². The molecule has 1 aliphatic rings. The quantitative estimate of drug-likeness (QED) is 0.299. The molecule has 40 heavy (non-hydrogen) atoms. The van der Waals surface area contributed by atoms with Gasteiger partial charge in [0.25, 0.3) is 0 Å². The van der Waals surface area contributed by atoms with Crippen LogP contribution >= 0.6 is 11.3 Å². The lowest BCUT2D eigenvalue weighted by molar-refractivity contribution is -0.156. The highest BCUT2D eigenvalue weighted by Crippen LogP contribution is 2.36. The first-order valence-corrected chi connectivity index (χ1v) is 14.6. The Bertz CT molecular complexity index is 1260. The van der Waals surface area contributed by atoms with Gasteiger partial charge in [-0.1, -0.05) is 30.7 Å². The van der Waals surface area contributed by atoms with Gasteiger partial charge < -0.3 is 19.7 Å². The van der Waals surface area contributed by atoms with E-state index < -0.39 is 48.2 Å². The molecular weight excluding hydrogens is 530 g/mol. The average molecular weight is 572 g/mol. The number of thiazole rings is 1. The molecule has 0 fully saturated rings. The third-order valence-electron chi connectivity index (χ3n) is 7.86. The number of aliphatic hydroxyl groups is 1. The molecule has 0 bridgehead atoms. The molecule has 9 heteroatoms. The van der Waals surface area contributed by atoms with Crippen molar-refractivity contribution in [3.8, 4) is 0 Å². The first-order valence-electron chi connectivity index (χ1n) is 13.8. The number of rotatable bonds is 4. The molecule has 2 N–H and O–H groups in total. The standard InChI is InChI=1S/C31H41NO7S/c1-7-9-22-28(34)19(3)11-8-10-18(2)12-14-24(21-13-15-25-23(16-21)32-20(4)40-25)38-27(33)17-26(39-30(36)37)31(5,6)29(22)35/h7,12-13,15-16,19,22,24,26,28,34H,1,8-11,14,17H2,2-6H3,(H,36,37)/b18-12-/t19-,22+,24-,26-,28-/m0/s1. The summed E-state index contributed by atoms with van der Waals surface area (Å²) in [6, 6.07) is 5.80. The number of allylic oxidation sites excluding steroid dienone is 2. The van der Waals surface area contributed by atoms with E-state index in [4.69, 9.17) is 9.47 Å². The summed E-state index contributed by atoms with van der Waals surface area (Å²) >= 11 is 1.59. The molecule has 0 amide bonds. The number of fused-ring (bicyclic) bond motifs is 1. The molecule has 1 aliphatic heterocycles. The number of nitrogens with zero attached hydrogens (tertiary/aromatic N) is 1. The van der Waals surface area contributed by atoms with Crippen LogP contribution in [0.3, 0.4) is 0 Å². The minimum atomic E-state index is -1.60. The molecule has 0 saturated carbocycles. The van der Waals surface area contributed by atoms with Crippen molar-refractivity contribution in [2.24, 2.45) is 17.3 Å². The molecule has 1 aromatic carbocycles. The summed E-state index contributed by atoms with van der Waals surface area (Å²) in [6.07, 6.45) is 1.68. The normalized spacial score (nSPS) is 28.4. The second kappa shape index (κ2) is 13.5. The fourth-order valence-corrected chi connectivity index (χ4v) is 6.14.